The zero-order valence-electron chi connectivity index (χ0n) is 27.0. The van der Waals surface area contributed by atoms with Gasteiger partial charge in [0.15, 0.2) is 0 Å². The highest BCUT2D eigenvalue weighted by atomic mass is 16.5. The van der Waals surface area contributed by atoms with Gasteiger partial charge in [-0.15, -0.1) is 0 Å². The minimum atomic E-state index is -0.0509. The Balaban J connectivity index is 1.47. The van der Waals surface area contributed by atoms with E-state index in [-0.39, 0.29) is 39.7 Å². The summed E-state index contributed by atoms with van der Waals surface area (Å²) in [6, 6.07) is 0. The number of hydrogen-bond donors (Lipinski definition) is 0. The van der Waals surface area contributed by atoms with Gasteiger partial charge >= 0.3 is 11.9 Å². The molecule has 0 aromatic carbocycles. The third-order valence-electron chi connectivity index (χ3n) is 14.6. The standard InChI is InChI=1S/C36H58O4/c1-10-29(37)39-22-36-19-14-24(23(3)4)31(36)25-12-13-27-33(7)17-16-28(40-30(38)11-2)32(5,6)26(33)15-18-35(27,9)34(25,8)20-21-36/h24-28,31H,3,10-22H2,1-2,4-9H3/t24-,25+,26-,27+,28-,31+,33-,34+,35+,36+/m0/s1. The molecule has 0 bridgehead atoms. The lowest BCUT2D eigenvalue weighted by atomic mass is 9.32. The molecule has 5 aliphatic rings. The largest absolute Gasteiger partial charge is 0.465 e. The molecular weight excluding hydrogens is 496 g/mol. The third-order valence-corrected chi connectivity index (χ3v) is 14.6. The van der Waals surface area contributed by atoms with Gasteiger partial charge in [0.1, 0.15) is 6.10 Å². The molecule has 10 atom stereocenters. The summed E-state index contributed by atoms with van der Waals surface area (Å²) in [6.45, 7) is 23.9. The summed E-state index contributed by atoms with van der Waals surface area (Å²) >= 11 is 0. The zero-order chi connectivity index (χ0) is 29.3. The van der Waals surface area contributed by atoms with Crippen molar-refractivity contribution in [3.8, 4) is 0 Å². The molecule has 5 aliphatic carbocycles. The zero-order valence-corrected chi connectivity index (χ0v) is 27.0. The molecule has 40 heavy (non-hydrogen) atoms. The third kappa shape index (κ3) is 4.18. The van der Waals surface area contributed by atoms with Gasteiger partial charge in [0, 0.05) is 23.7 Å². The molecule has 226 valence electrons. The molecule has 0 amide bonds. The number of carbonyl (C=O) groups is 2. The molecule has 5 rings (SSSR count). The minimum Gasteiger partial charge on any atom is -0.465 e. The van der Waals surface area contributed by atoms with Crippen molar-refractivity contribution < 1.29 is 19.1 Å². The van der Waals surface area contributed by atoms with E-state index < -0.39 is 0 Å². The van der Waals surface area contributed by atoms with Gasteiger partial charge in [-0.2, -0.15) is 0 Å². The summed E-state index contributed by atoms with van der Waals surface area (Å²) in [5.41, 5.74) is 2.29. The van der Waals surface area contributed by atoms with E-state index in [9.17, 15) is 9.59 Å². The van der Waals surface area contributed by atoms with Crippen LogP contribution in [-0.2, 0) is 19.1 Å². The lowest BCUT2D eigenvalue weighted by Gasteiger charge is -2.73. The summed E-state index contributed by atoms with van der Waals surface area (Å²) in [4.78, 5) is 24.6. The molecular formula is C36H58O4. The number of carbonyl (C=O) groups excluding carboxylic acids is 2. The highest BCUT2D eigenvalue weighted by molar-refractivity contribution is 5.69. The van der Waals surface area contributed by atoms with Crippen LogP contribution >= 0.6 is 0 Å². The van der Waals surface area contributed by atoms with Crippen molar-refractivity contribution in [1.82, 2.24) is 0 Å². The van der Waals surface area contributed by atoms with Crippen LogP contribution in [0, 0.1) is 56.7 Å². The Morgan fingerprint density at radius 1 is 0.775 bits per heavy atom. The maximum atomic E-state index is 12.3. The quantitative estimate of drug-likeness (QED) is 0.243. The Hall–Kier alpha value is -1.32. The summed E-state index contributed by atoms with van der Waals surface area (Å²) in [7, 11) is 0. The van der Waals surface area contributed by atoms with Gasteiger partial charge in [0.05, 0.1) is 6.61 Å². The van der Waals surface area contributed by atoms with Crippen molar-refractivity contribution in [3.63, 3.8) is 0 Å². The first-order valence-corrected chi connectivity index (χ1v) is 16.7. The van der Waals surface area contributed by atoms with Crippen LogP contribution in [-0.4, -0.2) is 24.6 Å². The van der Waals surface area contributed by atoms with Crippen LogP contribution in [0.25, 0.3) is 0 Å². The van der Waals surface area contributed by atoms with E-state index in [2.05, 4.69) is 48.1 Å². The van der Waals surface area contributed by atoms with Gasteiger partial charge in [0.25, 0.3) is 0 Å². The van der Waals surface area contributed by atoms with Crippen LogP contribution in [0.4, 0.5) is 0 Å². The molecule has 0 heterocycles. The van der Waals surface area contributed by atoms with Crippen LogP contribution < -0.4 is 0 Å². The second-order valence-corrected chi connectivity index (χ2v) is 16.3. The average molecular weight is 555 g/mol. The van der Waals surface area contributed by atoms with Gasteiger partial charge in [-0.05, 0) is 117 Å². The van der Waals surface area contributed by atoms with Crippen molar-refractivity contribution in [1.29, 1.82) is 0 Å². The fourth-order valence-corrected chi connectivity index (χ4v) is 12.3. The minimum absolute atomic E-state index is 0.00170. The molecule has 5 fully saturated rings. The molecule has 0 radical (unpaired) electrons. The topological polar surface area (TPSA) is 52.6 Å². The Morgan fingerprint density at radius 2 is 1.48 bits per heavy atom. The highest BCUT2D eigenvalue weighted by Gasteiger charge is 2.71. The van der Waals surface area contributed by atoms with Gasteiger partial charge in [-0.1, -0.05) is 60.6 Å². The van der Waals surface area contributed by atoms with E-state index >= 15 is 0 Å². The van der Waals surface area contributed by atoms with E-state index in [0.29, 0.717) is 54.5 Å². The molecule has 0 spiro atoms. The molecule has 0 saturated heterocycles. The number of allylic oxidation sites excluding steroid dienone is 1. The van der Waals surface area contributed by atoms with Crippen LogP contribution in [0.15, 0.2) is 12.2 Å². The molecule has 0 aliphatic heterocycles. The Labute approximate surface area is 244 Å². The van der Waals surface area contributed by atoms with Crippen molar-refractivity contribution in [2.24, 2.45) is 56.7 Å². The van der Waals surface area contributed by atoms with Crippen LogP contribution in [0.1, 0.15) is 132 Å². The normalized spacial score (nSPS) is 47.2. The molecule has 0 aromatic rings. The second kappa shape index (κ2) is 10.1. The van der Waals surface area contributed by atoms with E-state index in [1.165, 1.54) is 63.4 Å². The Kier molecular flexibility index (Phi) is 7.65. The van der Waals surface area contributed by atoms with Gasteiger partial charge < -0.3 is 9.47 Å². The van der Waals surface area contributed by atoms with E-state index in [4.69, 9.17) is 9.47 Å². The lowest BCUT2D eigenvalue weighted by Crippen LogP contribution is -2.67. The molecule has 0 N–H and O–H groups in total. The van der Waals surface area contributed by atoms with Gasteiger partial charge in [-0.3, -0.25) is 9.59 Å². The highest BCUT2D eigenvalue weighted by Crippen LogP contribution is 2.77. The number of fused-ring (bicyclic) bond motifs is 7. The summed E-state index contributed by atoms with van der Waals surface area (Å²) < 4.78 is 12.0. The predicted molar refractivity (Wildman–Crippen MR) is 160 cm³/mol. The summed E-state index contributed by atoms with van der Waals surface area (Å²) in [5.74, 6) is 2.93. The Bertz CT molecular complexity index is 1030. The number of hydrogen-bond acceptors (Lipinski definition) is 4. The fraction of sp³-hybridized carbons (Fsp3) is 0.889. The van der Waals surface area contributed by atoms with Crippen molar-refractivity contribution in [2.45, 2.75) is 139 Å². The molecule has 0 unspecified atom stereocenters. The first-order valence-electron chi connectivity index (χ1n) is 16.7. The van der Waals surface area contributed by atoms with Crippen molar-refractivity contribution in [2.75, 3.05) is 6.61 Å². The smallest absolute Gasteiger partial charge is 0.305 e. The first-order chi connectivity index (χ1) is 18.7. The van der Waals surface area contributed by atoms with Crippen molar-refractivity contribution in [3.05, 3.63) is 12.2 Å². The SMILES string of the molecule is C=C(C)[C@@H]1CC[C@]2(COC(=O)CC)CC[C@]3(C)[C@H](CC[C@@H]4[C@@]5(C)CC[C@H](OC(=O)CC)C(C)(C)[C@@H]5CC[C@]43C)[C@@H]12. The van der Waals surface area contributed by atoms with Gasteiger partial charge in [-0.25, -0.2) is 0 Å². The average Bonchev–Trinajstić information content (AvgIpc) is 3.29. The number of esters is 2. The first kappa shape index (κ1) is 30.1. The predicted octanol–water partition coefficient (Wildman–Crippen LogP) is 8.92. The lowest BCUT2D eigenvalue weighted by molar-refractivity contribution is -0.252. The summed E-state index contributed by atoms with van der Waals surface area (Å²) in [6.07, 6.45) is 13.0. The second-order valence-electron chi connectivity index (χ2n) is 16.3. The maximum absolute atomic E-state index is 12.3. The molecule has 0 aromatic heterocycles. The van der Waals surface area contributed by atoms with Gasteiger partial charge in [0.2, 0.25) is 0 Å². The van der Waals surface area contributed by atoms with Crippen LogP contribution in [0.5, 0.6) is 0 Å². The molecule has 4 heteroatoms. The Morgan fingerprint density at radius 3 is 2.12 bits per heavy atom. The van der Waals surface area contributed by atoms with Crippen LogP contribution in [0.2, 0.25) is 0 Å². The van der Waals surface area contributed by atoms with Crippen molar-refractivity contribution >= 4 is 11.9 Å². The molecule has 4 nitrogen and oxygen atoms in total. The van der Waals surface area contributed by atoms with E-state index in [1.54, 1.807) is 0 Å². The van der Waals surface area contributed by atoms with E-state index in [1.807, 2.05) is 13.8 Å². The van der Waals surface area contributed by atoms with E-state index in [0.717, 1.165) is 6.42 Å². The fourth-order valence-electron chi connectivity index (χ4n) is 12.3. The maximum Gasteiger partial charge on any atom is 0.305 e. The number of rotatable bonds is 6. The summed E-state index contributed by atoms with van der Waals surface area (Å²) in [5, 5.41) is 0. The van der Waals surface area contributed by atoms with Crippen LogP contribution in [0.3, 0.4) is 0 Å². The molecule has 5 saturated carbocycles. The number of ether oxygens (including phenoxy) is 2. The monoisotopic (exact) mass is 554 g/mol.